The predicted octanol–water partition coefficient (Wildman–Crippen LogP) is 5.84. The maximum atomic E-state index is 13.5. The van der Waals surface area contributed by atoms with Crippen LogP contribution in [0.4, 0.5) is 23.7 Å². The maximum absolute atomic E-state index is 13.5. The number of ketones is 1. The largest absolute Gasteiger partial charge is 0.435 e. The van der Waals surface area contributed by atoms with E-state index in [2.05, 4.69) is 5.32 Å². The maximum Gasteiger partial charge on any atom is 0.426 e. The summed E-state index contributed by atoms with van der Waals surface area (Å²) in [6.07, 6.45) is -7.07. The Hall–Kier alpha value is -2.29. The number of carbonyl (C=O) groups is 2. The number of benzene rings is 2. The number of piperidine rings is 1. The monoisotopic (exact) mass is 490 g/mol. The Labute approximate surface area is 195 Å². The normalized spacial score (nSPS) is 17.7. The number of amides is 1. The zero-order chi connectivity index (χ0) is 22.4. The van der Waals surface area contributed by atoms with Crippen molar-refractivity contribution in [1.82, 2.24) is 4.90 Å². The molecule has 32 heavy (non-hydrogen) atoms. The van der Waals surface area contributed by atoms with Crippen LogP contribution in [0.1, 0.15) is 23.2 Å². The molecule has 0 saturated carbocycles. The zero-order valence-corrected chi connectivity index (χ0v) is 18.6. The predicted molar refractivity (Wildman–Crippen MR) is 119 cm³/mol. The number of nitrogens with zero attached hydrogens (tertiary/aromatic N) is 1. The van der Waals surface area contributed by atoms with Gasteiger partial charge in [-0.25, -0.2) is 4.79 Å². The third kappa shape index (κ3) is 7.39. The number of Topliss-reactive ketones (excluding diaryl/α,β-unsaturated/α-hetero) is 1. The fourth-order valence-corrected chi connectivity index (χ4v) is 3.65. The number of hydrogen-bond acceptors (Lipinski definition) is 4. The molecule has 1 fully saturated rings. The third-order valence-corrected chi connectivity index (χ3v) is 5.32. The first kappa shape index (κ1) is 26.0. The molecule has 2 aromatic rings. The van der Waals surface area contributed by atoms with E-state index < -0.39 is 30.8 Å². The van der Waals surface area contributed by atoms with Crippen LogP contribution in [-0.4, -0.2) is 48.7 Å². The Morgan fingerprint density at radius 1 is 1.12 bits per heavy atom. The summed E-state index contributed by atoms with van der Waals surface area (Å²) in [6.45, 7) is 0.0475. The molecular formula is C22H23Cl2F3N2O3. The van der Waals surface area contributed by atoms with Gasteiger partial charge in [0, 0.05) is 35.3 Å². The molecule has 1 N–H and O–H groups in total. The van der Waals surface area contributed by atoms with Crippen molar-refractivity contribution in [3.8, 4) is 0 Å². The molecule has 0 spiro atoms. The van der Waals surface area contributed by atoms with Crippen LogP contribution in [0.25, 0.3) is 0 Å². The lowest BCUT2D eigenvalue weighted by molar-refractivity contribution is -0.207. The fourth-order valence-electron chi connectivity index (χ4n) is 3.53. The highest BCUT2D eigenvalue weighted by Gasteiger charge is 2.44. The van der Waals surface area contributed by atoms with E-state index in [1.165, 1.54) is 29.2 Å². The molecule has 0 aliphatic carbocycles. The van der Waals surface area contributed by atoms with Crippen molar-refractivity contribution in [1.29, 1.82) is 0 Å². The Morgan fingerprint density at radius 3 is 2.41 bits per heavy atom. The number of ether oxygens (including phenoxy) is 1. The van der Waals surface area contributed by atoms with E-state index in [1.807, 2.05) is 0 Å². The van der Waals surface area contributed by atoms with Gasteiger partial charge in [0.05, 0.1) is 0 Å². The van der Waals surface area contributed by atoms with Gasteiger partial charge in [-0.05, 0) is 43.7 Å². The molecule has 174 valence electrons. The van der Waals surface area contributed by atoms with Crippen molar-refractivity contribution in [2.75, 3.05) is 25.0 Å². The summed E-state index contributed by atoms with van der Waals surface area (Å²) >= 11 is 5.75. The highest BCUT2D eigenvalue weighted by molar-refractivity contribution is 6.30. The molecule has 1 aliphatic rings. The van der Waals surface area contributed by atoms with Crippen LogP contribution >= 0.6 is 24.0 Å². The summed E-state index contributed by atoms with van der Waals surface area (Å²) in [7, 11) is 0. The minimum Gasteiger partial charge on any atom is -0.435 e. The van der Waals surface area contributed by atoms with Gasteiger partial charge >= 0.3 is 12.3 Å². The average Bonchev–Trinajstić information content (AvgIpc) is 2.74. The van der Waals surface area contributed by atoms with E-state index >= 15 is 0 Å². The summed E-state index contributed by atoms with van der Waals surface area (Å²) in [5, 5.41) is 2.69. The highest BCUT2D eigenvalue weighted by Crippen LogP contribution is 2.27. The molecule has 1 amide bonds. The van der Waals surface area contributed by atoms with Crippen molar-refractivity contribution in [2.45, 2.75) is 25.1 Å². The molecule has 10 heteroatoms. The van der Waals surface area contributed by atoms with Gasteiger partial charge in [0.15, 0.2) is 5.78 Å². The minimum absolute atomic E-state index is 0. The molecule has 1 aliphatic heterocycles. The van der Waals surface area contributed by atoms with Crippen molar-refractivity contribution < 1.29 is 27.5 Å². The van der Waals surface area contributed by atoms with E-state index in [0.29, 0.717) is 30.0 Å². The van der Waals surface area contributed by atoms with Gasteiger partial charge in [0.25, 0.3) is 0 Å². The lowest BCUT2D eigenvalue weighted by atomic mass is 9.90. The second kappa shape index (κ2) is 11.5. The molecule has 0 radical (unpaired) electrons. The van der Waals surface area contributed by atoms with Crippen LogP contribution < -0.4 is 5.32 Å². The van der Waals surface area contributed by atoms with Crippen LogP contribution in [0.15, 0.2) is 54.6 Å². The zero-order valence-electron chi connectivity index (χ0n) is 17.0. The standard InChI is InChI=1S/C22H22ClF3N2O3.ClH/c23-17-8-10-18(11-9-17)27-21(30)31-19(22(24,25)26)14-28-12-4-7-16(13-28)20(29)15-5-2-1-3-6-15;/h1-3,5-6,8-11,16,19H,4,7,12-14H2,(H,27,30);1H/t16?,19-;/m0./s1. The number of alkyl halides is 3. The van der Waals surface area contributed by atoms with E-state index in [9.17, 15) is 22.8 Å². The number of rotatable bonds is 6. The Kier molecular flexibility index (Phi) is 9.36. The SMILES string of the molecule is Cl.O=C(Nc1ccc(Cl)cc1)O[C@@H](CN1CCCC(C(=O)c2ccccc2)C1)C(F)(F)F. The van der Waals surface area contributed by atoms with E-state index in [-0.39, 0.29) is 30.4 Å². The van der Waals surface area contributed by atoms with Crippen LogP contribution in [-0.2, 0) is 4.74 Å². The fraction of sp³-hybridized carbons (Fsp3) is 0.364. The van der Waals surface area contributed by atoms with Gasteiger partial charge in [-0.15, -0.1) is 12.4 Å². The first-order valence-electron chi connectivity index (χ1n) is 9.84. The van der Waals surface area contributed by atoms with Gasteiger partial charge in [0.2, 0.25) is 6.10 Å². The molecule has 3 rings (SSSR count). The van der Waals surface area contributed by atoms with Crippen molar-refractivity contribution in [2.24, 2.45) is 5.92 Å². The lowest BCUT2D eigenvalue weighted by Gasteiger charge is -2.34. The van der Waals surface area contributed by atoms with Gasteiger partial charge in [-0.3, -0.25) is 15.0 Å². The topological polar surface area (TPSA) is 58.6 Å². The molecule has 1 heterocycles. The van der Waals surface area contributed by atoms with Crippen LogP contribution in [0.5, 0.6) is 0 Å². The Morgan fingerprint density at radius 2 is 1.78 bits per heavy atom. The molecule has 0 aromatic heterocycles. The highest BCUT2D eigenvalue weighted by atomic mass is 35.5. The molecule has 2 atom stereocenters. The van der Waals surface area contributed by atoms with Crippen molar-refractivity contribution in [3.05, 3.63) is 65.2 Å². The minimum atomic E-state index is -4.74. The second-order valence-corrected chi connectivity index (χ2v) is 7.83. The summed E-state index contributed by atoms with van der Waals surface area (Å²) < 4.78 is 45.3. The molecule has 0 bridgehead atoms. The van der Waals surface area contributed by atoms with E-state index in [1.54, 1.807) is 30.3 Å². The van der Waals surface area contributed by atoms with Crippen molar-refractivity contribution in [3.63, 3.8) is 0 Å². The van der Waals surface area contributed by atoms with Gasteiger partial charge in [-0.1, -0.05) is 41.9 Å². The first-order chi connectivity index (χ1) is 14.7. The van der Waals surface area contributed by atoms with Crippen LogP contribution in [0, 0.1) is 5.92 Å². The Balaban J connectivity index is 0.00000363. The number of anilines is 1. The smallest absolute Gasteiger partial charge is 0.426 e. The van der Waals surface area contributed by atoms with Gasteiger partial charge < -0.3 is 4.74 Å². The molecular weight excluding hydrogens is 468 g/mol. The number of nitrogens with one attached hydrogen (secondary N) is 1. The number of hydrogen-bond donors (Lipinski definition) is 1. The number of likely N-dealkylation sites (tertiary alicyclic amines) is 1. The lowest BCUT2D eigenvalue weighted by Crippen LogP contribution is -2.48. The molecule has 5 nitrogen and oxygen atoms in total. The summed E-state index contributed by atoms with van der Waals surface area (Å²) in [5.74, 6) is -0.483. The van der Waals surface area contributed by atoms with Gasteiger partial charge in [-0.2, -0.15) is 13.2 Å². The first-order valence-corrected chi connectivity index (χ1v) is 10.2. The number of carbonyl (C=O) groups excluding carboxylic acids is 2. The van der Waals surface area contributed by atoms with Gasteiger partial charge in [0.1, 0.15) is 0 Å². The molecule has 1 saturated heterocycles. The van der Waals surface area contributed by atoms with Crippen molar-refractivity contribution >= 4 is 41.6 Å². The number of halogens is 5. The molecule has 1 unspecified atom stereocenters. The van der Waals surface area contributed by atoms with Crippen LogP contribution in [0.2, 0.25) is 5.02 Å². The molecule has 2 aromatic carbocycles. The summed E-state index contributed by atoms with van der Waals surface area (Å²) in [5.41, 5.74) is 0.808. The average molecular weight is 491 g/mol. The summed E-state index contributed by atoms with van der Waals surface area (Å²) in [6, 6.07) is 14.6. The van der Waals surface area contributed by atoms with Crippen LogP contribution in [0.3, 0.4) is 0 Å². The Bertz CT molecular complexity index is 896. The second-order valence-electron chi connectivity index (χ2n) is 7.40. The summed E-state index contributed by atoms with van der Waals surface area (Å²) in [4.78, 5) is 26.2. The quantitative estimate of drug-likeness (QED) is 0.517. The third-order valence-electron chi connectivity index (χ3n) is 5.06. The van der Waals surface area contributed by atoms with E-state index in [4.69, 9.17) is 16.3 Å². The van der Waals surface area contributed by atoms with E-state index in [0.717, 1.165) is 0 Å².